The molecule has 0 saturated heterocycles. The van der Waals surface area contributed by atoms with Crippen molar-refractivity contribution in [2.75, 3.05) is 0 Å². The summed E-state index contributed by atoms with van der Waals surface area (Å²) in [6, 6.07) is 7.34. The first kappa shape index (κ1) is 11.9. The average molecular weight is 286 g/mol. The number of hydrogen-bond acceptors (Lipinski definition) is 3. The molecule has 1 aromatic heterocycles. The fourth-order valence-corrected chi connectivity index (χ4v) is 4.74. The summed E-state index contributed by atoms with van der Waals surface area (Å²) in [5, 5.41) is 1.44. The zero-order valence-corrected chi connectivity index (χ0v) is 11.7. The molecule has 0 radical (unpaired) electrons. The Hall–Kier alpha value is -1.88. The van der Waals surface area contributed by atoms with E-state index in [1.807, 2.05) is 24.7 Å². The molecule has 0 amide bonds. The number of fused-ring (bicyclic) bond motifs is 2. The summed E-state index contributed by atoms with van der Waals surface area (Å²) in [7, 11) is -3.29. The normalized spacial score (nSPS) is 23.0. The monoisotopic (exact) mass is 286 g/mol. The Labute approximate surface area is 117 Å². The van der Waals surface area contributed by atoms with Crippen molar-refractivity contribution >= 4 is 15.4 Å². The second-order valence-corrected chi connectivity index (χ2v) is 7.08. The lowest BCUT2D eigenvalue weighted by Crippen LogP contribution is -2.17. The zero-order chi connectivity index (χ0) is 13.7. The number of allylic oxidation sites excluding steroid dienone is 1. The van der Waals surface area contributed by atoms with Gasteiger partial charge in [0.15, 0.2) is 0 Å². The van der Waals surface area contributed by atoms with Crippen LogP contribution in [0.15, 0.2) is 47.1 Å². The quantitative estimate of drug-likeness (QED) is 0.809. The van der Waals surface area contributed by atoms with Crippen LogP contribution in [0.25, 0.3) is 5.57 Å². The molecule has 0 spiro atoms. The van der Waals surface area contributed by atoms with Crippen molar-refractivity contribution < 1.29 is 8.42 Å². The number of rotatable bonds is 1. The van der Waals surface area contributed by atoms with Crippen LogP contribution in [-0.2, 0) is 16.3 Å². The number of imidazole rings is 1. The van der Waals surface area contributed by atoms with Crippen molar-refractivity contribution in [2.45, 2.75) is 30.2 Å². The predicted molar refractivity (Wildman–Crippen MR) is 75.8 cm³/mol. The van der Waals surface area contributed by atoms with E-state index in [1.165, 1.54) is 11.1 Å². The van der Waals surface area contributed by atoms with E-state index in [1.54, 1.807) is 12.1 Å². The van der Waals surface area contributed by atoms with Crippen LogP contribution in [0.2, 0.25) is 0 Å². The topological polar surface area (TPSA) is 52.0 Å². The highest BCUT2D eigenvalue weighted by molar-refractivity contribution is 7.95. The molecule has 1 atom stereocenters. The third-order valence-electron chi connectivity index (χ3n) is 4.14. The summed E-state index contributed by atoms with van der Waals surface area (Å²) < 4.78 is 26.6. The number of benzene rings is 1. The standard InChI is InChI=1S/C15H14N2O2S/c18-20(19)9-13(12-5-1-2-7-15(12)20)14-6-3-4-11-8-16-10-17(11)14/h1-2,5,7-10,14H,3-4,6H2. The minimum absolute atomic E-state index is 0.0830. The summed E-state index contributed by atoms with van der Waals surface area (Å²) in [6.45, 7) is 0. The molecule has 0 aliphatic carbocycles. The minimum atomic E-state index is -3.29. The van der Waals surface area contributed by atoms with Crippen LogP contribution in [0.5, 0.6) is 0 Å². The fraction of sp³-hybridized carbons (Fsp3) is 0.267. The maximum Gasteiger partial charge on any atom is 0.200 e. The van der Waals surface area contributed by atoms with Crippen molar-refractivity contribution in [3.8, 4) is 0 Å². The van der Waals surface area contributed by atoms with Crippen molar-refractivity contribution in [3.05, 3.63) is 53.5 Å². The molecule has 0 N–H and O–H groups in total. The predicted octanol–water partition coefficient (Wildman–Crippen LogP) is 2.59. The maximum atomic E-state index is 12.3. The van der Waals surface area contributed by atoms with Crippen LogP contribution >= 0.6 is 0 Å². The molecule has 0 fully saturated rings. The average Bonchev–Trinajstić information content (AvgIpc) is 3.02. The van der Waals surface area contributed by atoms with Crippen molar-refractivity contribution in [2.24, 2.45) is 0 Å². The second-order valence-electron chi connectivity index (χ2n) is 5.31. The van der Waals surface area contributed by atoms with E-state index in [-0.39, 0.29) is 6.04 Å². The SMILES string of the molecule is O=S1(=O)C=C(C2CCCc3cncn32)c2ccccc21. The Bertz CT molecular complexity index is 818. The van der Waals surface area contributed by atoms with Crippen molar-refractivity contribution in [3.63, 3.8) is 0 Å². The molecule has 3 heterocycles. The van der Waals surface area contributed by atoms with Gasteiger partial charge < -0.3 is 4.57 Å². The Morgan fingerprint density at radius 2 is 2.10 bits per heavy atom. The lowest BCUT2D eigenvalue weighted by Gasteiger charge is -2.26. The third-order valence-corrected chi connectivity index (χ3v) is 5.67. The first-order chi connectivity index (χ1) is 9.67. The van der Waals surface area contributed by atoms with Crippen LogP contribution in [0.3, 0.4) is 0 Å². The Morgan fingerprint density at radius 1 is 1.25 bits per heavy atom. The molecule has 0 saturated carbocycles. The van der Waals surface area contributed by atoms with Gasteiger partial charge >= 0.3 is 0 Å². The molecule has 2 aliphatic rings. The van der Waals surface area contributed by atoms with Gasteiger partial charge in [0.25, 0.3) is 0 Å². The zero-order valence-electron chi connectivity index (χ0n) is 10.9. The van der Waals surface area contributed by atoms with E-state index in [2.05, 4.69) is 9.55 Å². The van der Waals surface area contributed by atoms with Crippen molar-refractivity contribution in [1.29, 1.82) is 0 Å². The number of aryl methyl sites for hydroxylation is 1. The summed E-state index contributed by atoms with van der Waals surface area (Å²) >= 11 is 0. The van der Waals surface area contributed by atoms with Gasteiger partial charge in [-0.3, -0.25) is 0 Å². The molecule has 20 heavy (non-hydrogen) atoms. The van der Waals surface area contributed by atoms with Gasteiger partial charge in [-0.15, -0.1) is 0 Å². The summed E-state index contributed by atoms with van der Waals surface area (Å²) in [5.74, 6) is 0. The molecular formula is C15H14N2O2S. The molecule has 2 aliphatic heterocycles. The van der Waals surface area contributed by atoms with Crippen LogP contribution in [0.1, 0.15) is 30.1 Å². The van der Waals surface area contributed by atoms with Gasteiger partial charge in [-0.2, -0.15) is 0 Å². The maximum absolute atomic E-state index is 12.3. The largest absolute Gasteiger partial charge is 0.327 e. The highest BCUT2D eigenvalue weighted by Gasteiger charge is 2.33. The second kappa shape index (κ2) is 4.06. The van der Waals surface area contributed by atoms with E-state index < -0.39 is 9.84 Å². The highest BCUT2D eigenvalue weighted by Crippen LogP contribution is 2.43. The van der Waals surface area contributed by atoms with E-state index >= 15 is 0 Å². The number of nitrogens with zero attached hydrogens (tertiary/aromatic N) is 2. The van der Waals surface area contributed by atoms with Gasteiger partial charge in [-0.1, -0.05) is 18.2 Å². The molecule has 0 bridgehead atoms. The number of hydrogen-bond donors (Lipinski definition) is 0. The van der Waals surface area contributed by atoms with Crippen molar-refractivity contribution in [1.82, 2.24) is 9.55 Å². The van der Waals surface area contributed by atoms with E-state index in [0.29, 0.717) is 4.90 Å². The fourth-order valence-electron chi connectivity index (χ4n) is 3.23. The smallest absolute Gasteiger partial charge is 0.200 e. The lowest BCUT2D eigenvalue weighted by atomic mass is 9.93. The molecular weight excluding hydrogens is 272 g/mol. The van der Waals surface area contributed by atoms with E-state index in [0.717, 1.165) is 30.4 Å². The van der Waals surface area contributed by atoms with Crippen LogP contribution in [0, 0.1) is 0 Å². The molecule has 2 aromatic rings. The molecule has 1 unspecified atom stereocenters. The molecule has 5 heteroatoms. The molecule has 4 nitrogen and oxygen atoms in total. The van der Waals surface area contributed by atoms with Gasteiger partial charge in [0, 0.05) is 17.3 Å². The summed E-state index contributed by atoms with van der Waals surface area (Å²) in [6.07, 6.45) is 6.72. The minimum Gasteiger partial charge on any atom is -0.327 e. The van der Waals surface area contributed by atoms with Gasteiger partial charge in [0.1, 0.15) is 0 Å². The van der Waals surface area contributed by atoms with Gasteiger partial charge in [0.2, 0.25) is 9.84 Å². The van der Waals surface area contributed by atoms with Crippen LogP contribution in [-0.4, -0.2) is 18.0 Å². The third kappa shape index (κ3) is 1.59. The highest BCUT2D eigenvalue weighted by atomic mass is 32.2. The van der Waals surface area contributed by atoms with Crippen LogP contribution in [0.4, 0.5) is 0 Å². The van der Waals surface area contributed by atoms with Crippen LogP contribution < -0.4 is 0 Å². The number of aromatic nitrogens is 2. The summed E-state index contributed by atoms with van der Waals surface area (Å²) in [5.41, 5.74) is 2.93. The molecule has 4 rings (SSSR count). The molecule has 102 valence electrons. The van der Waals surface area contributed by atoms with Gasteiger partial charge in [0.05, 0.1) is 17.3 Å². The first-order valence-electron chi connectivity index (χ1n) is 6.73. The molecule has 1 aromatic carbocycles. The van der Waals surface area contributed by atoms with E-state index in [9.17, 15) is 8.42 Å². The lowest BCUT2D eigenvalue weighted by molar-refractivity contribution is 0.481. The van der Waals surface area contributed by atoms with Gasteiger partial charge in [-0.25, -0.2) is 13.4 Å². The first-order valence-corrected chi connectivity index (χ1v) is 8.28. The Morgan fingerprint density at radius 3 is 3.00 bits per heavy atom. The summed E-state index contributed by atoms with van der Waals surface area (Å²) in [4.78, 5) is 4.64. The number of sulfone groups is 1. The Kier molecular flexibility index (Phi) is 2.41. The van der Waals surface area contributed by atoms with Gasteiger partial charge in [-0.05, 0) is 36.5 Å². The Balaban J connectivity index is 1.90. The van der Waals surface area contributed by atoms with E-state index in [4.69, 9.17) is 0 Å².